The molecule has 0 aliphatic heterocycles. The van der Waals surface area contributed by atoms with Crippen LogP contribution in [0.2, 0.25) is 0 Å². The molecule has 1 saturated carbocycles. The van der Waals surface area contributed by atoms with Crippen molar-refractivity contribution < 1.29 is 4.79 Å². The van der Waals surface area contributed by atoms with Gasteiger partial charge in [-0.3, -0.25) is 4.79 Å². The number of nitrogens with zero attached hydrogens (tertiary/aromatic N) is 4. The van der Waals surface area contributed by atoms with Crippen LogP contribution in [0.4, 0.5) is 0 Å². The Morgan fingerprint density at radius 2 is 2.24 bits per heavy atom. The molecule has 0 saturated heterocycles. The highest BCUT2D eigenvalue weighted by molar-refractivity contribution is 7.18. The minimum Gasteiger partial charge on any atom is -0.347 e. The molecule has 2 aromatic heterocycles. The fraction of sp³-hybridized carbons (Fsp3) is 0.600. The second-order valence-corrected chi connectivity index (χ2v) is 5.52. The van der Waals surface area contributed by atoms with Crippen LogP contribution in [-0.2, 0) is 0 Å². The molecule has 1 aliphatic rings. The summed E-state index contributed by atoms with van der Waals surface area (Å²) in [5.41, 5.74) is 0. The van der Waals surface area contributed by atoms with E-state index < -0.39 is 0 Å². The molecule has 1 aliphatic carbocycles. The summed E-state index contributed by atoms with van der Waals surface area (Å²) in [6.45, 7) is 4.06. The molecule has 0 atom stereocenters. The van der Waals surface area contributed by atoms with Crippen molar-refractivity contribution in [2.75, 3.05) is 0 Å². The van der Waals surface area contributed by atoms with Crippen LogP contribution < -0.4 is 5.32 Å². The van der Waals surface area contributed by atoms with E-state index in [1.165, 1.54) is 11.3 Å². The summed E-state index contributed by atoms with van der Waals surface area (Å²) in [6, 6.07) is 0.349. The SMILES string of the molecule is CC(C)c1nnc2sc(C(=O)NC3CC3)nn12. The summed E-state index contributed by atoms with van der Waals surface area (Å²) in [5, 5.41) is 15.7. The summed E-state index contributed by atoms with van der Waals surface area (Å²) in [7, 11) is 0. The molecule has 90 valence electrons. The van der Waals surface area contributed by atoms with Gasteiger partial charge < -0.3 is 5.32 Å². The van der Waals surface area contributed by atoms with Gasteiger partial charge in [0.1, 0.15) is 0 Å². The molecule has 2 heterocycles. The van der Waals surface area contributed by atoms with E-state index in [0.717, 1.165) is 18.7 Å². The predicted molar refractivity (Wildman–Crippen MR) is 63.2 cm³/mol. The Morgan fingerprint density at radius 3 is 2.88 bits per heavy atom. The molecule has 0 bridgehead atoms. The highest BCUT2D eigenvalue weighted by atomic mass is 32.1. The van der Waals surface area contributed by atoms with E-state index in [0.29, 0.717) is 16.0 Å². The van der Waals surface area contributed by atoms with E-state index in [2.05, 4.69) is 20.6 Å². The van der Waals surface area contributed by atoms with Crippen molar-refractivity contribution in [3.63, 3.8) is 0 Å². The van der Waals surface area contributed by atoms with Crippen LogP contribution in [0.1, 0.15) is 48.2 Å². The molecule has 0 radical (unpaired) electrons. The summed E-state index contributed by atoms with van der Waals surface area (Å²) in [4.78, 5) is 12.5. The minimum absolute atomic E-state index is 0.0993. The summed E-state index contributed by atoms with van der Waals surface area (Å²) >= 11 is 1.28. The zero-order chi connectivity index (χ0) is 12.0. The normalized spacial score (nSPS) is 15.7. The van der Waals surface area contributed by atoms with E-state index in [-0.39, 0.29) is 11.8 Å². The number of nitrogens with one attached hydrogen (secondary N) is 1. The minimum atomic E-state index is -0.0993. The van der Waals surface area contributed by atoms with Crippen LogP contribution in [-0.4, -0.2) is 31.8 Å². The molecule has 1 amide bonds. The second kappa shape index (κ2) is 3.76. The first-order valence-corrected chi connectivity index (χ1v) is 6.50. The van der Waals surface area contributed by atoms with Crippen molar-refractivity contribution in [3.8, 4) is 0 Å². The van der Waals surface area contributed by atoms with Gasteiger partial charge in [0.2, 0.25) is 9.97 Å². The molecule has 2 aromatic rings. The molecule has 1 fully saturated rings. The number of aromatic nitrogens is 4. The summed E-state index contributed by atoms with van der Waals surface area (Å²) in [5.74, 6) is 0.936. The van der Waals surface area contributed by atoms with Crippen LogP contribution >= 0.6 is 11.3 Å². The molecule has 0 unspecified atom stereocenters. The maximum Gasteiger partial charge on any atom is 0.282 e. The van der Waals surface area contributed by atoms with Crippen molar-refractivity contribution in [2.24, 2.45) is 0 Å². The molecule has 3 rings (SSSR count). The highest BCUT2D eigenvalue weighted by Gasteiger charge is 2.26. The average Bonchev–Trinajstić information content (AvgIpc) is 2.84. The number of fused-ring (bicyclic) bond motifs is 1. The summed E-state index contributed by atoms with van der Waals surface area (Å²) in [6.07, 6.45) is 2.15. The van der Waals surface area contributed by atoms with Gasteiger partial charge in [-0.2, -0.15) is 4.52 Å². The van der Waals surface area contributed by atoms with Gasteiger partial charge in [-0.15, -0.1) is 15.3 Å². The van der Waals surface area contributed by atoms with Gasteiger partial charge in [0, 0.05) is 12.0 Å². The third-order valence-electron chi connectivity index (χ3n) is 2.64. The largest absolute Gasteiger partial charge is 0.347 e. The van der Waals surface area contributed by atoms with Crippen LogP contribution in [0.15, 0.2) is 0 Å². The van der Waals surface area contributed by atoms with Gasteiger partial charge in [0.15, 0.2) is 5.82 Å². The third kappa shape index (κ3) is 1.90. The lowest BCUT2D eigenvalue weighted by molar-refractivity contribution is 0.0949. The molecular weight excluding hydrogens is 238 g/mol. The number of hydrogen-bond donors (Lipinski definition) is 1. The Kier molecular flexibility index (Phi) is 2.36. The van der Waals surface area contributed by atoms with Gasteiger partial charge >= 0.3 is 0 Å². The smallest absolute Gasteiger partial charge is 0.282 e. The predicted octanol–water partition coefficient (Wildman–Crippen LogP) is 1.20. The fourth-order valence-electron chi connectivity index (χ4n) is 1.56. The quantitative estimate of drug-likeness (QED) is 0.889. The van der Waals surface area contributed by atoms with E-state index in [1.807, 2.05) is 13.8 Å². The zero-order valence-corrected chi connectivity index (χ0v) is 10.5. The monoisotopic (exact) mass is 251 g/mol. The lowest BCUT2D eigenvalue weighted by Gasteiger charge is -1.99. The lowest BCUT2D eigenvalue weighted by atomic mass is 10.2. The Bertz CT molecular complexity index is 568. The Morgan fingerprint density at radius 1 is 1.47 bits per heavy atom. The topological polar surface area (TPSA) is 72.2 Å². The van der Waals surface area contributed by atoms with Crippen LogP contribution in [0, 0.1) is 0 Å². The molecular formula is C10H13N5OS. The van der Waals surface area contributed by atoms with E-state index in [1.54, 1.807) is 4.52 Å². The second-order valence-electron chi connectivity index (χ2n) is 4.56. The van der Waals surface area contributed by atoms with Crippen LogP contribution in [0.3, 0.4) is 0 Å². The van der Waals surface area contributed by atoms with Gasteiger partial charge in [-0.25, -0.2) is 0 Å². The first-order valence-electron chi connectivity index (χ1n) is 5.68. The Balaban J connectivity index is 1.92. The number of amides is 1. The van der Waals surface area contributed by atoms with Crippen molar-refractivity contribution in [1.82, 2.24) is 25.1 Å². The van der Waals surface area contributed by atoms with Crippen molar-refractivity contribution in [3.05, 3.63) is 10.8 Å². The molecule has 0 spiro atoms. The van der Waals surface area contributed by atoms with E-state index >= 15 is 0 Å². The van der Waals surface area contributed by atoms with Crippen LogP contribution in [0.25, 0.3) is 4.96 Å². The number of hydrogen-bond acceptors (Lipinski definition) is 5. The third-order valence-corrected chi connectivity index (χ3v) is 3.54. The fourth-order valence-corrected chi connectivity index (χ4v) is 2.31. The van der Waals surface area contributed by atoms with E-state index in [9.17, 15) is 4.79 Å². The van der Waals surface area contributed by atoms with Gasteiger partial charge in [0.25, 0.3) is 5.91 Å². The van der Waals surface area contributed by atoms with Crippen molar-refractivity contribution >= 4 is 22.2 Å². The summed E-state index contributed by atoms with van der Waals surface area (Å²) < 4.78 is 1.66. The van der Waals surface area contributed by atoms with Crippen molar-refractivity contribution in [1.29, 1.82) is 0 Å². The number of carbonyl (C=O) groups is 1. The standard InChI is InChI=1S/C10H13N5OS/c1-5(2)7-12-13-10-15(7)14-9(17-10)8(16)11-6-3-4-6/h5-6H,3-4H2,1-2H3,(H,11,16). The molecule has 7 heteroatoms. The first kappa shape index (κ1) is 10.6. The van der Waals surface area contributed by atoms with E-state index in [4.69, 9.17) is 0 Å². The molecule has 1 N–H and O–H groups in total. The van der Waals surface area contributed by atoms with Gasteiger partial charge in [0.05, 0.1) is 0 Å². The lowest BCUT2D eigenvalue weighted by Crippen LogP contribution is -2.25. The molecule has 17 heavy (non-hydrogen) atoms. The maximum atomic E-state index is 11.8. The first-order chi connectivity index (χ1) is 8.15. The Labute approximate surface area is 102 Å². The maximum absolute atomic E-state index is 11.8. The number of carbonyl (C=O) groups excluding carboxylic acids is 1. The number of rotatable bonds is 3. The highest BCUT2D eigenvalue weighted by Crippen LogP contribution is 2.21. The average molecular weight is 251 g/mol. The van der Waals surface area contributed by atoms with Crippen molar-refractivity contribution in [2.45, 2.75) is 38.6 Å². The molecule has 6 nitrogen and oxygen atoms in total. The Hall–Kier alpha value is -1.50. The van der Waals surface area contributed by atoms with Gasteiger partial charge in [-0.05, 0) is 12.8 Å². The molecule has 0 aromatic carbocycles. The van der Waals surface area contributed by atoms with Gasteiger partial charge in [-0.1, -0.05) is 25.2 Å². The zero-order valence-electron chi connectivity index (χ0n) is 9.67. The van der Waals surface area contributed by atoms with Crippen LogP contribution in [0.5, 0.6) is 0 Å².